The number of para-hydroxylation sites is 1. The molecule has 3 nitrogen and oxygen atoms in total. The van der Waals surface area contributed by atoms with Crippen LogP contribution in [0.25, 0.3) is 65.9 Å². The minimum atomic E-state index is 0.853. The van der Waals surface area contributed by atoms with Crippen LogP contribution >= 0.6 is 0 Å². The number of benzene rings is 7. The van der Waals surface area contributed by atoms with Crippen molar-refractivity contribution in [2.75, 3.05) is 4.90 Å². The topological polar surface area (TPSA) is 29.3 Å². The summed E-state index contributed by atoms with van der Waals surface area (Å²) in [5, 5.41) is 5.77. The van der Waals surface area contributed by atoms with Crippen molar-refractivity contribution in [1.29, 1.82) is 0 Å². The number of rotatable bonds is 5. The van der Waals surface area contributed by atoms with Crippen molar-refractivity contribution in [2.45, 2.75) is 0 Å². The summed E-state index contributed by atoms with van der Waals surface area (Å²) in [5.41, 5.74) is 10.6. The molecule has 0 fully saturated rings. The van der Waals surface area contributed by atoms with Crippen LogP contribution in [0.5, 0.6) is 0 Å². The predicted octanol–water partition coefficient (Wildman–Crippen LogP) is 12.1. The van der Waals surface area contributed by atoms with Crippen molar-refractivity contribution in [1.82, 2.24) is 4.98 Å². The van der Waals surface area contributed by atoms with E-state index in [-0.39, 0.29) is 0 Å². The van der Waals surface area contributed by atoms with E-state index in [0.717, 1.165) is 49.9 Å². The fourth-order valence-electron chi connectivity index (χ4n) is 6.61. The average Bonchev–Trinajstić information content (AvgIpc) is 3.49. The summed E-state index contributed by atoms with van der Waals surface area (Å²) >= 11 is 0. The third-order valence-electron chi connectivity index (χ3n) is 8.88. The SMILES string of the molecule is c1ccc(-c2ccc(N(c3ccc(-c4cccc5ccccc45)cc3)c3cnc4cc5oc6ccccc6c5cc4c3)cc2)cc1. The van der Waals surface area contributed by atoms with Crippen molar-refractivity contribution in [3.63, 3.8) is 0 Å². The number of anilines is 3. The summed E-state index contributed by atoms with van der Waals surface area (Å²) in [6, 6.07) is 57.8. The lowest BCUT2D eigenvalue weighted by atomic mass is 9.98. The highest BCUT2D eigenvalue weighted by atomic mass is 16.3. The van der Waals surface area contributed by atoms with E-state index < -0.39 is 0 Å². The molecule has 0 unspecified atom stereocenters. The Morgan fingerprint density at radius 1 is 0.413 bits per heavy atom. The molecule has 0 saturated heterocycles. The zero-order valence-electron chi connectivity index (χ0n) is 25.0. The van der Waals surface area contributed by atoms with Crippen LogP contribution in [0.4, 0.5) is 17.1 Å². The van der Waals surface area contributed by atoms with Crippen molar-refractivity contribution < 1.29 is 4.42 Å². The summed E-state index contributed by atoms with van der Waals surface area (Å²) in [6.07, 6.45) is 1.96. The highest BCUT2D eigenvalue weighted by Gasteiger charge is 2.16. The molecule has 46 heavy (non-hydrogen) atoms. The van der Waals surface area contributed by atoms with Gasteiger partial charge in [0, 0.05) is 33.6 Å². The molecule has 0 saturated carbocycles. The highest BCUT2D eigenvalue weighted by Crippen LogP contribution is 2.39. The second-order valence-electron chi connectivity index (χ2n) is 11.7. The normalized spacial score (nSPS) is 11.5. The molecule has 9 aromatic rings. The monoisotopic (exact) mass is 588 g/mol. The molecular formula is C43H28N2O. The molecule has 0 radical (unpaired) electrons. The fraction of sp³-hybridized carbons (Fsp3) is 0. The van der Waals surface area contributed by atoms with Gasteiger partial charge in [-0.1, -0.05) is 115 Å². The van der Waals surface area contributed by atoms with Gasteiger partial charge < -0.3 is 9.32 Å². The maximum absolute atomic E-state index is 6.15. The smallest absolute Gasteiger partial charge is 0.137 e. The van der Waals surface area contributed by atoms with Gasteiger partial charge in [0.1, 0.15) is 11.2 Å². The standard InChI is InChI=1S/C43H28N2O/c1-2-9-29(10-3-1)30-17-21-34(22-18-30)45(35-23-19-32(20-24-35)38-15-8-12-31-11-4-5-13-37(31)38)36-25-33-26-40-39-14-6-7-16-42(39)46-43(40)27-41(33)44-28-36/h1-28H. The Labute approximate surface area is 266 Å². The summed E-state index contributed by atoms with van der Waals surface area (Å²) in [6.45, 7) is 0. The number of nitrogens with zero attached hydrogens (tertiary/aromatic N) is 2. The third kappa shape index (κ3) is 4.49. The molecule has 2 aromatic heterocycles. The van der Waals surface area contributed by atoms with Crippen LogP contribution in [0.3, 0.4) is 0 Å². The molecule has 0 N–H and O–H groups in total. The van der Waals surface area contributed by atoms with Crippen LogP contribution in [0, 0.1) is 0 Å². The van der Waals surface area contributed by atoms with Crippen LogP contribution in [-0.4, -0.2) is 4.98 Å². The fourth-order valence-corrected chi connectivity index (χ4v) is 6.61. The van der Waals surface area contributed by atoms with Crippen molar-refractivity contribution in [3.8, 4) is 22.3 Å². The van der Waals surface area contributed by atoms with Gasteiger partial charge in [-0.2, -0.15) is 0 Å². The Balaban J connectivity index is 1.18. The Morgan fingerprint density at radius 3 is 1.87 bits per heavy atom. The zero-order valence-corrected chi connectivity index (χ0v) is 25.0. The number of furan rings is 1. The number of fused-ring (bicyclic) bond motifs is 5. The van der Waals surface area contributed by atoms with Gasteiger partial charge in [-0.25, -0.2) is 0 Å². The minimum Gasteiger partial charge on any atom is -0.456 e. The average molecular weight is 589 g/mol. The summed E-state index contributed by atoms with van der Waals surface area (Å²) < 4.78 is 6.15. The molecule has 2 heterocycles. The molecule has 0 spiro atoms. The Bertz CT molecular complexity index is 2510. The van der Waals surface area contributed by atoms with Crippen molar-refractivity contribution in [3.05, 3.63) is 170 Å². The highest BCUT2D eigenvalue weighted by molar-refractivity contribution is 6.09. The molecule has 0 aliphatic carbocycles. The maximum atomic E-state index is 6.15. The van der Waals surface area contributed by atoms with E-state index in [1.54, 1.807) is 0 Å². The van der Waals surface area contributed by atoms with Gasteiger partial charge in [0.15, 0.2) is 0 Å². The lowest BCUT2D eigenvalue weighted by Crippen LogP contribution is -2.10. The van der Waals surface area contributed by atoms with Crippen LogP contribution in [0.1, 0.15) is 0 Å². The molecule has 0 bridgehead atoms. The zero-order chi connectivity index (χ0) is 30.5. The van der Waals surface area contributed by atoms with Gasteiger partial charge in [-0.3, -0.25) is 4.98 Å². The van der Waals surface area contributed by atoms with E-state index in [4.69, 9.17) is 9.40 Å². The summed E-state index contributed by atoms with van der Waals surface area (Å²) in [7, 11) is 0. The van der Waals surface area contributed by atoms with Crippen LogP contribution in [0.2, 0.25) is 0 Å². The first-order valence-corrected chi connectivity index (χ1v) is 15.5. The van der Waals surface area contributed by atoms with Gasteiger partial charge >= 0.3 is 0 Å². The quantitative estimate of drug-likeness (QED) is 0.200. The van der Waals surface area contributed by atoms with Gasteiger partial charge in [-0.15, -0.1) is 0 Å². The summed E-state index contributed by atoms with van der Waals surface area (Å²) in [4.78, 5) is 7.22. The van der Waals surface area contributed by atoms with E-state index in [2.05, 4.69) is 144 Å². The molecule has 0 amide bonds. The molecule has 9 rings (SSSR count). The Morgan fingerprint density at radius 2 is 1.07 bits per heavy atom. The van der Waals surface area contributed by atoms with Gasteiger partial charge in [0.25, 0.3) is 0 Å². The van der Waals surface area contributed by atoms with Crippen molar-refractivity contribution in [2.24, 2.45) is 0 Å². The lowest BCUT2D eigenvalue weighted by Gasteiger charge is -2.26. The number of aromatic nitrogens is 1. The number of hydrogen-bond acceptors (Lipinski definition) is 3. The second-order valence-corrected chi connectivity index (χ2v) is 11.7. The molecule has 0 aliphatic rings. The van der Waals surface area contributed by atoms with Crippen LogP contribution < -0.4 is 4.90 Å². The predicted molar refractivity (Wildman–Crippen MR) is 192 cm³/mol. The molecule has 0 aliphatic heterocycles. The van der Waals surface area contributed by atoms with Crippen LogP contribution in [0.15, 0.2) is 174 Å². The van der Waals surface area contributed by atoms with E-state index in [1.807, 2.05) is 30.5 Å². The molecule has 0 atom stereocenters. The Kier molecular flexibility index (Phi) is 6.14. The first-order chi connectivity index (χ1) is 22.8. The van der Waals surface area contributed by atoms with Gasteiger partial charge in [-0.05, 0) is 75.5 Å². The molecule has 7 aromatic carbocycles. The maximum Gasteiger partial charge on any atom is 0.137 e. The largest absolute Gasteiger partial charge is 0.456 e. The van der Waals surface area contributed by atoms with Gasteiger partial charge in [0.05, 0.1) is 17.4 Å². The van der Waals surface area contributed by atoms with E-state index in [1.165, 1.54) is 33.0 Å². The van der Waals surface area contributed by atoms with E-state index >= 15 is 0 Å². The first-order valence-electron chi connectivity index (χ1n) is 15.5. The van der Waals surface area contributed by atoms with E-state index in [0.29, 0.717) is 0 Å². The summed E-state index contributed by atoms with van der Waals surface area (Å²) in [5.74, 6) is 0. The molecule has 3 heteroatoms. The first kappa shape index (κ1) is 26.2. The van der Waals surface area contributed by atoms with Crippen LogP contribution in [-0.2, 0) is 0 Å². The number of hydrogen-bond donors (Lipinski definition) is 0. The number of pyridine rings is 1. The molecular weight excluding hydrogens is 560 g/mol. The molecule has 216 valence electrons. The Hall–Kier alpha value is -6.19. The second kappa shape index (κ2) is 10.8. The lowest BCUT2D eigenvalue weighted by molar-refractivity contribution is 0.669. The third-order valence-corrected chi connectivity index (χ3v) is 8.88. The van der Waals surface area contributed by atoms with Gasteiger partial charge in [0.2, 0.25) is 0 Å². The van der Waals surface area contributed by atoms with E-state index in [9.17, 15) is 0 Å². The van der Waals surface area contributed by atoms with Crippen molar-refractivity contribution >= 4 is 60.7 Å². The minimum absolute atomic E-state index is 0.853.